The van der Waals surface area contributed by atoms with Crippen LogP contribution < -0.4 is 15.5 Å². The van der Waals surface area contributed by atoms with E-state index in [1.165, 1.54) is 5.56 Å². The molecule has 2 heterocycles. The number of aryl methyl sites for hydroxylation is 2. The average Bonchev–Trinajstić information content (AvgIpc) is 3.27. The number of hydrogen-bond acceptors (Lipinski definition) is 5. The highest BCUT2D eigenvalue weighted by Crippen LogP contribution is 2.29. The van der Waals surface area contributed by atoms with E-state index in [-0.39, 0.29) is 10.9 Å². The van der Waals surface area contributed by atoms with Gasteiger partial charge in [0.15, 0.2) is 10.9 Å². The maximum atomic E-state index is 12.6. The van der Waals surface area contributed by atoms with Crippen LogP contribution in [0.15, 0.2) is 52.9 Å². The van der Waals surface area contributed by atoms with Crippen molar-refractivity contribution in [1.29, 1.82) is 0 Å². The van der Waals surface area contributed by atoms with Gasteiger partial charge in [0.25, 0.3) is 5.91 Å². The highest BCUT2D eigenvalue weighted by atomic mass is 35.5. The van der Waals surface area contributed by atoms with Gasteiger partial charge in [0.1, 0.15) is 5.76 Å². The van der Waals surface area contributed by atoms with Crippen molar-refractivity contribution in [2.24, 2.45) is 0 Å². The molecule has 0 bridgehead atoms. The molecule has 32 heavy (non-hydrogen) atoms. The minimum absolute atomic E-state index is 0.161. The third-order valence-electron chi connectivity index (χ3n) is 5.41. The first-order valence-electron chi connectivity index (χ1n) is 10.3. The number of rotatable bonds is 4. The second kappa shape index (κ2) is 9.73. The largest absolute Gasteiger partial charge is 0.451 e. The summed E-state index contributed by atoms with van der Waals surface area (Å²) in [6.07, 6.45) is 0. The van der Waals surface area contributed by atoms with Crippen molar-refractivity contribution in [1.82, 2.24) is 5.32 Å². The van der Waals surface area contributed by atoms with Gasteiger partial charge in [-0.2, -0.15) is 0 Å². The standard InChI is InChI=1S/C24H24ClN3O3S/c1-15-3-4-17(13-16(15)2)21-7-8-22(31-21)23(29)27-24(32)26-18-5-6-20(19(25)14-18)28-9-11-30-12-10-28/h3-8,13-14H,9-12H2,1-2H3,(H2,26,27,29,32). The lowest BCUT2D eigenvalue weighted by molar-refractivity contribution is 0.0951. The number of halogens is 1. The third kappa shape index (κ3) is 5.12. The third-order valence-corrected chi connectivity index (χ3v) is 5.91. The first-order valence-corrected chi connectivity index (χ1v) is 11.1. The Labute approximate surface area is 197 Å². The number of amides is 1. The van der Waals surface area contributed by atoms with Gasteiger partial charge in [0.05, 0.1) is 23.9 Å². The molecule has 166 valence electrons. The molecule has 4 rings (SSSR count). The van der Waals surface area contributed by atoms with E-state index in [2.05, 4.69) is 22.5 Å². The minimum Gasteiger partial charge on any atom is -0.451 e. The number of furan rings is 1. The predicted octanol–water partition coefficient (Wildman–Crippen LogP) is 5.18. The molecular weight excluding hydrogens is 446 g/mol. The Hall–Kier alpha value is -2.87. The Bertz CT molecular complexity index is 1160. The van der Waals surface area contributed by atoms with E-state index < -0.39 is 5.91 Å². The predicted molar refractivity (Wildman–Crippen MR) is 132 cm³/mol. The van der Waals surface area contributed by atoms with Crippen molar-refractivity contribution < 1.29 is 13.9 Å². The van der Waals surface area contributed by atoms with Crippen LogP contribution in [0.2, 0.25) is 5.02 Å². The maximum absolute atomic E-state index is 12.6. The molecule has 0 spiro atoms. The van der Waals surface area contributed by atoms with E-state index in [4.69, 9.17) is 33.0 Å². The lowest BCUT2D eigenvalue weighted by atomic mass is 10.1. The fraction of sp³-hybridized carbons (Fsp3) is 0.250. The Morgan fingerprint density at radius 1 is 1.03 bits per heavy atom. The monoisotopic (exact) mass is 469 g/mol. The number of morpholine rings is 1. The van der Waals surface area contributed by atoms with Crippen LogP contribution in [0.3, 0.4) is 0 Å². The molecule has 2 aromatic carbocycles. The molecule has 1 aromatic heterocycles. The molecule has 3 aromatic rings. The van der Waals surface area contributed by atoms with Crippen molar-refractivity contribution in [3.63, 3.8) is 0 Å². The molecule has 1 amide bonds. The summed E-state index contributed by atoms with van der Waals surface area (Å²) in [5, 5.41) is 6.41. The first-order chi connectivity index (χ1) is 15.4. The van der Waals surface area contributed by atoms with Gasteiger partial charge in [-0.25, -0.2) is 0 Å². The number of hydrogen-bond donors (Lipinski definition) is 2. The molecule has 2 N–H and O–H groups in total. The van der Waals surface area contributed by atoms with E-state index >= 15 is 0 Å². The van der Waals surface area contributed by atoms with Gasteiger partial charge in [-0.15, -0.1) is 0 Å². The number of ether oxygens (including phenoxy) is 1. The van der Waals surface area contributed by atoms with Gasteiger partial charge in [-0.3, -0.25) is 10.1 Å². The van der Waals surface area contributed by atoms with Crippen LogP contribution in [0, 0.1) is 13.8 Å². The highest BCUT2D eigenvalue weighted by Gasteiger charge is 2.16. The topological polar surface area (TPSA) is 66.7 Å². The molecule has 1 saturated heterocycles. The van der Waals surface area contributed by atoms with E-state index in [9.17, 15) is 4.79 Å². The molecule has 1 aliphatic heterocycles. The summed E-state index contributed by atoms with van der Waals surface area (Å²) in [6.45, 7) is 7.06. The number of thiocarbonyl (C=S) groups is 1. The molecule has 0 radical (unpaired) electrons. The molecule has 0 atom stereocenters. The van der Waals surface area contributed by atoms with Crippen molar-refractivity contribution in [3.05, 3.63) is 70.4 Å². The number of nitrogens with zero attached hydrogens (tertiary/aromatic N) is 1. The van der Waals surface area contributed by atoms with Gasteiger partial charge >= 0.3 is 0 Å². The van der Waals surface area contributed by atoms with Gasteiger partial charge in [0.2, 0.25) is 0 Å². The van der Waals surface area contributed by atoms with Crippen LogP contribution in [0.5, 0.6) is 0 Å². The quantitative estimate of drug-likeness (QED) is 0.513. The summed E-state index contributed by atoms with van der Waals surface area (Å²) in [5.74, 6) is 0.388. The Balaban J connectivity index is 1.38. The zero-order valence-electron chi connectivity index (χ0n) is 17.9. The summed E-state index contributed by atoms with van der Waals surface area (Å²) >= 11 is 11.8. The molecule has 0 saturated carbocycles. The Morgan fingerprint density at radius 3 is 2.53 bits per heavy atom. The van der Waals surface area contributed by atoms with Crippen molar-refractivity contribution >= 4 is 46.2 Å². The molecule has 1 aliphatic rings. The number of carbonyl (C=O) groups is 1. The summed E-state index contributed by atoms with van der Waals surface area (Å²) in [7, 11) is 0. The zero-order chi connectivity index (χ0) is 22.7. The first kappa shape index (κ1) is 22.3. The normalized spacial score (nSPS) is 13.7. The van der Waals surface area contributed by atoms with E-state index in [0.717, 1.165) is 29.9 Å². The van der Waals surface area contributed by atoms with Crippen LogP contribution in [0.25, 0.3) is 11.3 Å². The van der Waals surface area contributed by atoms with Crippen LogP contribution in [-0.4, -0.2) is 37.3 Å². The van der Waals surface area contributed by atoms with Crippen molar-refractivity contribution in [2.75, 3.05) is 36.5 Å². The van der Waals surface area contributed by atoms with E-state index in [1.54, 1.807) is 18.2 Å². The van der Waals surface area contributed by atoms with Crippen molar-refractivity contribution in [2.45, 2.75) is 13.8 Å². The summed E-state index contributed by atoms with van der Waals surface area (Å²) in [6, 6.07) is 15.0. The van der Waals surface area contributed by atoms with Crippen LogP contribution >= 0.6 is 23.8 Å². The van der Waals surface area contributed by atoms with Crippen molar-refractivity contribution in [3.8, 4) is 11.3 Å². The van der Waals surface area contributed by atoms with E-state index in [1.807, 2.05) is 37.3 Å². The smallest absolute Gasteiger partial charge is 0.293 e. The maximum Gasteiger partial charge on any atom is 0.293 e. The van der Waals surface area contributed by atoms with Gasteiger partial charge in [0, 0.05) is 24.3 Å². The van der Waals surface area contributed by atoms with Crippen LogP contribution in [0.4, 0.5) is 11.4 Å². The lowest BCUT2D eigenvalue weighted by Gasteiger charge is -2.29. The molecule has 1 fully saturated rings. The van der Waals surface area contributed by atoms with Crippen LogP contribution in [0.1, 0.15) is 21.7 Å². The second-order valence-corrected chi connectivity index (χ2v) is 8.45. The van der Waals surface area contributed by atoms with Gasteiger partial charge in [-0.05, 0) is 73.6 Å². The Morgan fingerprint density at radius 2 is 1.81 bits per heavy atom. The van der Waals surface area contributed by atoms with Gasteiger partial charge in [-0.1, -0.05) is 23.7 Å². The Kier molecular flexibility index (Phi) is 6.79. The van der Waals surface area contributed by atoms with E-state index in [0.29, 0.717) is 29.7 Å². The molecule has 8 heteroatoms. The zero-order valence-corrected chi connectivity index (χ0v) is 19.5. The fourth-order valence-electron chi connectivity index (χ4n) is 3.48. The minimum atomic E-state index is -0.423. The molecule has 0 unspecified atom stereocenters. The highest BCUT2D eigenvalue weighted by molar-refractivity contribution is 7.80. The number of nitrogens with one attached hydrogen (secondary N) is 2. The fourth-order valence-corrected chi connectivity index (χ4v) is 3.99. The molecular formula is C24H24ClN3O3S. The lowest BCUT2D eigenvalue weighted by Crippen LogP contribution is -2.36. The number of benzene rings is 2. The molecule has 6 nitrogen and oxygen atoms in total. The SMILES string of the molecule is Cc1ccc(-c2ccc(C(=O)NC(=S)Nc3ccc(N4CCOCC4)c(Cl)c3)o2)cc1C. The number of anilines is 2. The average molecular weight is 470 g/mol. The summed E-state index contributed by atoms with van der Waals surface area (Å²) in [5.41, 5.74) is 4.92. The number of carbonyl (C=O) groups excluding carboxylic acids is 1. The second-order valence-electron chi connectivity index (χ2n) is 7.64. The molecule has 0 aliphatic carbocycles. The summed E-state index contributed by atoms with van der Waals surface area (Å²) < 4.78 is 11.1. The van der Waals surface area contributed by atoms with Gasteiger partial charge < -0.3 is 19.4 Å². The summed E-state index contributed by atoms with van der Waals surface area (Å²) in [4.78, 5) is 14.7. The van der Waals surface area contributed by atoms with Crippen LogP contribution in [-0.2, 0) is 4.74 Å².